The first kappa shape index (κ1) is 14.8. The zero-order chi connectivity index (χ0) is 16.7. The first-order valence-corrected chi connectivity index (χ1v) is 7.97. The van der Waals surface area contributed by atoms with E-state index in [-0.39, 0.29) is 18.4 Å². The second-order valence-electron chi connectivity index (χ2n) is 6.22. The quantitative estimate of drug-likeness (QED) is 0.800. The molecule has 24 heavy (non-hydrogen) atoms. The smallest absolute Gasteiger partial charge is 0.227 e. The number of aliphatic hydroxyl groups excluding tert-OH is 1. The summed E-state index contributed by atoms with van der Waals surface area (Å²) < 4.78 is 1.76. The lowest BCUT2D eigenvalue weighted by atomic mass is 10.0. The van der Waals surface area contributed by atoms with Crippen LogP contribution >= 0.6 is 0 Å². The molecule has 122 valence electrons. The molecule has 3 aromatic rings. The van der Waals surface area contributed by atoms with Gasteiger partial charge in [-0.3, -0.25) is 4.79 Å². The summed E-state index contributed by atoms with van der Waals surface area (Å²) in [6, 6.07) is 14.0. The molecule has 0 radical (unpaired) electrons. The molecule has 6 heteroatoms. The van der Waals surface area contributed by atoms with Crippen LogP contribution in [-0.2, 0) is 11.8 Å². The highest BCUT2D eigenvalue weighted by molar-refractivity contribution is 5.96. The largest absolute Gasteiger partial charge is 0.396 e. The van der Waals surface area contributed by atoms with E-state index >= 15 is 0 Å². The maximum absolute atomic E-state index is 12.1. The summed E-state index contributed by atoms with van der Waals surface area (Å²) in [5, 5.41) is 17.4. The highest BCUT2D eigenvalue weighted by Crippen LogP contribution is 2.29. The number of fused-ring (bicyclic) bond motifs is 1. The molecular weight excluding hydrogens is 304 g/mol. The van der Waals surface area contributed by atoms with Crippen molar-refractivity contribution in [1.29, 1.82) is 0 Å². The van der Waals surface area contributed by atoms with Crippen molar-refractivity contribution in [3.63, 3.8) is 0 Å². The van der Waals surface area contributed by atoms with Gasteiger partial charge in [0.15, 0.2) is 0 Å². The van der Waals surface area contributed by atoms with Crippen molar-refractivity contribution < 1.29 is 9.90 Å². The SMILES string of the molecule is Cn1nnc2ccc(-c3ccc(N4CC(CO)CC4=O)cc3)cc21. The minimum Gasteiger partial charge on any atom is -0.396 e. The number of rotatable bonds is 3. The van der Waals surface area contributed by atoms with Crippen LogP contribution in [0.2, 0.25) is 0 Å². The van der Waals surface area contributed by atoms with Gasteiger partial charge < -0.3 is 10.0 Å². The molecule has 1 aromatic heterocycles. The predicted octanol–water partition coefficient (Wildman–Crippen LogP) is 1.98. The molecule has 2 aromatic carbocycles. The summed E-state index contributed by atoms with van der Waals surface area (Å²) in [4.78, 5) is 13.8. The fraction of sp³-hybridized carbons (Fsp3) is 0.278. The molecule has 1 atom stereocenters. The van der Waals surface area contributed by atoms with Crippen molar-refractivity contribution in [3.05, 3.63) is 42.5 Å². The molecule has 1 aliphatic heterocycles. The van der Waals surface area contributed by atoms with Gasteiger partial charge in [-0.2, -0.15) is 0 Å². The molecule has 0 spiro atoms. The van der Waals surface area contributed by atoms with E-state index in [9.17, 15) is 9.90 Å². The summed E-state index contributed by atoms with van der Waals surface area (Å²) in [7, 11) is 1.87. The number of aliphatic hydroxyl groups is 1. The number of hydrogen-bond donors (Lipinski definition) is 1. The fourth-order valence-electron chi connectivity index (χ4n) is 3.20. The first-order valence-electron chi connectivity index (χ1n) is 7.97. The Morgan fingerprint density at radius 1 is 1.17 bits per heavy atom. The second kappa shape index (κ2) is 5.72. The van der Waals surface area contributed by atoms with Crippen molar-refractivity contribution in [2.75, 3.05) is 18.1 Å². The maximum atomic E-state index is 12.1. The predicted molar refractivity (Wildman–Crippen MR) is 91.5 cm³/mol. The van der Waals surface area contributed by atoms with Crippen molar-refractivity contribution in [1.82, 2.24) is 15.0 Å². The number of aryl methyl sites for hydroxylation is 1. The highest BCUT2D eigenvalue weighted by Gasteiger charge is 2.29. The van der Waals surface area contributed by atoms with Gasteiger partial charge in [0.25, 0.3) is 0 Å². The van der Waals surface area contributed by atoms with E-state index in [2.05, 4.69) is 16.4 Å². The third-order valence-electron chi connectivity index (χ3n) is 4.59. The van der Waals surface area contributed by atoms with Gasteiger partial charge in [-0.1, -0.05) is 23.4 Å². The van der Waals surface area contributed by atoms with E-state index in [4.69, 9.17) is 0 Å². The molecule has 0 saturated carbocycles. The molecule has 0 bridgehead atoms. The van der Waals surface area contributed by atoms with E-state index in [1.54, 1.807) is 9.58 Å². The average molecular weight is 322 g/mol. The Hall–Kier alpha value is -2.73. The van der Waals surface area contributed by atoms with E-state index in [0.717, 1.165) is 27.8 Å². The normalized spacial score (nSPS) is 17.8. The van der Waals surface area contributed by atoms with E-state index in [1.165, 1.54) is 0 Å². The van der Waals surface area contributed by atoms with Crippen LogP contribution in [0.5, 0.6) is 0 Å². The lowest BCUT2D eigenvalue weighted by molar-refractivity contribution is -0.117. The van der Waals surface area contributed by atoms with E-state index in [0.29, 0.717) is 13.0 Å². The van der Waals surface area contributed by atoms with Crippen LogP contribution < -0.4 is 4.90 Å². The number of nitrogens with zero attached hydrogens (tertiary/aromatic N) is 4. The number of amides is 1. The summed E-state index contributed by atoms with van der Waals surface area (Å²) >= 11 is 0. The van der Waals surface area contributed by atoms with E-state index in [1.807, 2.05) is 43.4 Å². The van der Waals surface area contributed by atoms with Gasteiger partial charge in [-0.05, 0) is 35.4 Å². The zero-order valence-corrected chi connectivity index (χ0v) is 13.4. The molecule has 1 aliphatic rings. The molecule has 6 nitrogen and oxygen atoms in total. The molecule has 1 unspecified atom stereocenters. The van der Waals surface area contributed by atoms with Crippen LogP contribution in [0, 0.1) is 5.92 Å². The van der Waals surface area contributed by atoms with Gasteiger partial charge in [0.1, 0.15) is 5.52 Å². The molecule has 1 N–H and O–H groups in total. The summed E-state index contributed by atoms with van der Waals surface area (Å²) in [6.07, 6.45) is 0.419. The Balaban J connectivity index is 1.63. The van der Waals surface area contributed by atoms with Crippen LogP contribution in [0.25, 0.3) is 22.2 Å². The van der Waals surface area contributed by atoms with E-state index < -0.39 is 0 Å². The van der Waals surface area contributed by atoms with Crippen LogP contribution in [-0.4, -0.2) is 39.2 Å². The molecule has 1 amide bonds. The Morgan fingerprint density at radius 3 is 2.62 bits per heavy atom. The molecular formula is C18H18N4O2. The Kier molecular flexibility index (Phi) is 3.54. The van der Waals surface area contributed by atoms with Crippen molar-refractivity contribution in [2.45, 2.75) is 6.42 Å². The van der Waals surface area contributed by atoms with Gasteiger partial charge in [0, 0.05) is 38.2 Å². The fourth-order valence-corrected chi connectivity index (χ4v) is 3.20. The Morgan fingerprint density at radius 2 is 1.92 bits per heavy atom. The van der Waals surface area contributed by atoms with Crippen molar-refractivity contribution in [2.24, 2.45) is 13.0 Å². The van der Waals surface area contributed by atoms with Crippen LogP contribution in [0.1, 0.15) is 6.42 Å². The van der Waals surface area contributed by atoms with Gasteiger partial charge in [-0.15, -0.1) is 5.10 Å². The number of aromatic nitrogens is 3. The van der Waals surface area contributed by atoms with Crippen molar-refractivity contribution in [3.8, 4) is 11.1 Å². The van der Waals surface area contributed by atoms with Crippen LogP contribution in [0.15, 0.2) is 42.5 Å². The maximum Gasteiger partial charge on any atom is 0.227 e. The molecule has 4 rings (SSSR count). The molecule has 0 aliphatic carbocycles. The monoisotopic (exact) mass is 322 g/mol. The lowest BCUT2D eigenvalue weighted by Crippen LogP contribution is -2.24. The highest BCUT2D eigenvalue weighted by atomic mass is 16.3. The standard InChI is InChI=1S/C18H18N4O2/c1-21-17-9-14(4-7-16(17)19-20-21)13-2-5-15(6-3-13)22-10-12(11-23)8-18(22)24/h2-7,9,12,23H,8,10-11H2,1H3. The summed E-state index contributed by atoms with van der Waals surface area (Å²) in [5.41, 5.74) is 4.89. The lowest BCUT2D eigenvalue weighted by Gasteiger charge is -2.17. The minimum atomic E-state index is 0.0388. The van der Waals surface area contributed by atoms with Crippen LogP contribution in [0.4, 0.5) is 5.69 Å². The first-order chi connectivity index (χ1) is 11.7. The second-order valence-corrected chi connectivity index (χ2v) is 6.22. The topological polar surface area (TPSA) is 71.2 Å². The number of benzene rings is 2. The third kappa shape index (κ3) is 2.45. The Bertz CT molecular complexity index is 901. The molecule has 2 heterocycles. The molecule has 1 fully saturated rings. The zero-order valence-electron chi connectivity index (χ0n) is 13.4. The third-order valence-corrected chi connectivity index (χ3v) is 4.59. The minimum absolute atomic E-state index is 0.0388. The Labute approximate surface area is 139 Å². The van der Waals surface area contributed by atoms with Gasteiger partial charge in [0.2, 0.25) is 5.91 Å². The number of carbonyl (C=O) groups is 1. The van der Waals surface area contributed by atoms with Crippen molar-refractivity contribution >= 4 is 22.6 Å². The summed E-state index contributed by atoms with van der Waals surface area (Å²) in [6.45, 7) is 0.639. The number of hydrogen-bond acceptors (Lipinski definition) is 4. The average Bonchev–Trinajstić information content (AvgIpc) is 3.18. The number of anilines is 1. The molecule has 1 saturated heterocycles. The van der Waals surface area contributed by atoms with Gasteiger partial charge in [-0.25, -0.2) is 4.68 Å². The van der Waals surface area contributed by atoms with Crippen LogP contribution in [0.3, 0.4) is 0 Å². The number of carbonyl (C=O) groups excluding carboxylic acids is 1. The summed E-state index contributed by atoms with van der Waals surface area (Å²) in [5.74, 6) is 0.112. The van der Waals surface area contributed by atoms with Gasteiger partial charge in [0.05, 0.1) is 5.52 Å². The van der Waals surface area contributed by atoms with Gasteiger partial charge >= 0.3 is 0 Å².